The monoisotopic (exact) mass is 175 g/mol. The van der Waals surface area contributed by atoms with Crippen LogP contribution in [0.4, 0.5) is 13.2 Å². The van der Waals surface area contributed by atoms with Gasteiger partial charge in [0.1, 0.15) is 0 Å². The molecule has 1 aliphatic heterocycles. The maximum atomic E-state index is 12.2. The Labute approximate surface area is 68.3 Å². The molecule has 0 bridgehead atoms. The molecule has 0 aromatic heterocycles. The number of nitrogens with zero attached hydrogens (tertiary/aromatic N) is 1. The molecule has 1 unspecified atom stereocenters. The van der Waals surface area contributed by atoms with Crippen molar-refractivity contribution >= 4 is 5.87 Å². The summed E-state index contributed by atoms with van der Waals surface area (Å²) in [5, 5.41) is 0. The Morgan fingerprint density at radius 1 is 1.50 bits per heavy atom. The summed E-state index contributed by atoms with van der Waals surface area (Å²) in [6, 6.07) is 0. The van der Waals surface area contributed by atoms with Gasteiger partial charge in [-0.1, -0.05) is 6.92 Å². The van der Waals surface area contributed by atoms with Crippen molar-refractivity contribution in [1.29, 1.82) is 0 Å². The van der Waals surface area contributed by atoms with Crippen LogP contribution in [0.15, 0.2) is 22.3 Å². The minimum atomic E-state index is -4.27. The van der Waals surface area contributed by atoms with E-state index in [4.69, 9.17) is 0 Å². The van der Waals surface area contributed by atoms with Crippen LogP contribution in [0.2, 0.25) is 0 Å². The predicted octanol–water partition coefficient (Wildman–Crippen LogP) is 2.70. The minimum Gasteiger partial charge on any atom is -0.214 e. The highest BCUT2D eigenvalue weighted by molar-refractivity contribution is 5.62. The van der Waals surface area contributed by atoms with E-state index in [0.717, 1.165) is 6.20 Å². The van der Waals surface area contributed by atoms with E-state index in [1.807, 2.05) is 0 Å². The number of alkyl halides is 3. The zero-order valence-corrected chi connectivity index (χ0v) is 6.74. The largest absolute Gasteiger partial charge is 0.414 e. The first-order valence-corrected chi connectivity index (χ1v) is 3.49. The van der Waals surface area contributed by atoms with Crippen molar-refractivity contribution in [3.8, 4) is 0 Å². The van der Waals surface area contributed by atoms with Crippen molar-refractivity contribution in [2.24, 2.45) is 10.9 Å². The van der Waals surface area contributed by atoms with Crippen LogP contribution in [0, 0.1) is 5.92 Å². The van der Waals surface area contributed by atoms with Crippen LogP contribution in [-0.2, 0) is 0 Å². The van der Waals surface area contributed by atoms with Gasteiger partial charge in [-0.25, -0.2) is 4.99 Å². The number of halogens is 3. The molecule has 0 spiro atoms. The van der Waals surface area contributed by atoms with Gasteiger partial charge >= 0.3 is 6.18 Å². The van der Waals surface area contributed by atoms with Crippen LogP contribution in [0.25, 0.3) is 0 Å². The third kappa shape index (κ3) is 1.59. The molecule has 0 saturated heterocycles. The lowest BCUT2D eigenvalue weighted by Gasteiger charge is -2.18. The highest BCUT2D eigenvalue weighted by Crippen LogP contribution is 2.35. The number of allylic oxidation sites excluding steroid dienone is 2. The molecular weight excluding hydrogens is 167 g/mol. The minimum absolute atomic E-state index is 0.518. The van der Waals surface area contributed by atoms with Crippen LogP contribution in [0.1, 0.15) is 13.8 Å². The Morgan fingerprint density at radius 3 is 2.50 bits per heavy atom. The molecule has 0 aliphatic carbocycles. The first kappa shape index (κ1) is 9.07. The summed E-state index contributed by atoms with van der Waals surface area (Å²) >= 11 is 0. The van der Waals surface area contributed by atoms with Gasteiger partial charge in [0.25, 0.3) is 0 Å². The Balaban J connectivity index is 3.00. The van der Waals surface area contributed by atoms with Gasteiger partial charge in [0.15, 0.2) is 0 Å². The molecule has 66 valence electrons. The van der Waals surface area contributed by atoms with Crippen molar-refractivity contribution in [1.82, 2.24) is 0 Å². The van der Waals surface area contributed by atoms with Crippen molar-refractivity contribution < 1.29 is 13.2 Å². The third-order valence-electron chi connectivity index (χ3n) is 1.89. The van der Waals surface area contributed by atoms with Gasteiger partial charge < -0.3 is 0 Å². The maximum absolute atomic E-state index is 12.2. The van der Waals surface area contributed by atoms with E-state index >= 15 is 0 Å². The normalized spacial score (nSPS) is 23.6. The van der Waals surface area contributed by atoms with Gasteiger partial charge in [-0.05, 0) is 18.4 Å². The molecule has 1 heterocycles. The predicted molar refractivity (Wildman–Crippen MR) is 39.9 cm³/mol. The molecule has 0 saturated carbocycles. The molecule has 0 aromatic carbocycles. The Hall–Kier alpha value is -1.02. The average Bonchev–Trinajstić information content (AvgIpc) is 1.92. The molecule has 4 heteroatoms. The van der Waals surface area contributed by atoms with Crippen molar-refractivity contribution in [2.45, 2.75) is 20.0 Å². The summed E-state index contributed by atoms with van der Waals surface area (Å²) in [4.78, 5) is 3.39. The topological polar surface area (TPSA) is 12.4 Å². The fourth-order valence-corrected chi connectivity index (χ4v) is 0.964. The van der Waals surface area contributed by atoms with Crippen molar-refractivity contribution in [3.05, 3.63) is 17.3 Å². The highest BCUT2D eigenvalue weighted by Gasteiger charge is 2.38. The summed E-state index contributed by atoms with van der Waals surface area (Å²) in [6.07, 6.45) is -3.44. The van der Waals surface area contributed by atoms with Crippen molar-refractivity contribution in [3.63, 3.8) is 0 Å². The van der Waals surface area contributed by atoms with Crippen LogP contribution in [0.5, 0.6) is 0 Å². The van der Waals surface area contributed by atoms with E-state index in [9.17, 15) is 13.2 Å². The fraction of sp³-hybridized carbons (Fsp3) is 0.500. The lowest BCUT2D eigenvalue weighted by Crippen LogP contribution is -2.20. The van der Waals surface area contributed by atoms with Gasteiger partial charge in [0.2, 0.25) is 0 Å². The van der Waals surface area contributed by atoms with Gasteiger partial charge in [-0.3, -0.25) is 0 Å². The summed E-state index contributed by atoms with van der Waals surface area (Å²) in [7, 11) is 0. The molecule has 1 aliphatic rings. The van der Waals surface area contributed by atoms with Gasteiger partial charge in [0, 0.05) is 12.1 Å². The van der Waals surface area contributed by atoms with Crippen molar-refractivity contribution in [2.75, 3.05) is 0 Å². The fourth-order valence-electron chi connectivity index (χ4n) is 0.964. The third-order valence-corrected chi connectivity index (χ3v) is 1.89. The Kier molecular flexibility index (Phi) is 2.11. The second-order valence-corrected chi connectivity index (χ2v) is 2.73. The highest BCUT2D eigenvalue weighted by atomic mass is 19.4. The van der Waals surface area contributed by atoms with Gasteiger partial charge in [-0.2, -0.15) is 13.2 Å². The first-order chi connectivity index (χ1) is 5.43. The summed E-state index contributed by atoms with van der Waals surface area (Å²) < 4.78 is 36.6. The van der Waals surface area contributed by atoms with Crippen LogP contribution < -0.4 is 0 Å². The zero-order valence-electron chi connectivity index (χ0n) is 6.74. The summed E-state index contributed by atoms with van der Waals surface area (Å²) in [5.41, 5.74) is -0.0800. The lowest BCUT2D eigenvalue weighted by atomic mass is 9.94. The van der Waals surface area contributed by atoms with Gasteiger partial charge in [0.05, 0.1) is 5.57 Å². The van der Waals surface area contributed by atoms with E-state index < -0.39 is 17.7 Å². The molecule has 0 aromatic rings. The number of hydrogen-bond donors (Lipinski definition) is 0. The maximum Gasteiger partial charge on any atom is 0.414 e. The molecule has 1 atom stereocenters. The summed E-state index contributed by atoms with van der Waals surface area (Å²) in [6.45, 7) is 3.09. The molecule has 0 radical (unpaired) electrons. The Morgan fingerprint density at radius 2 is 2.08 bits per heavy atom. The second-order valence-electron chi connectivity index (χ2n) is 2.73. The van der Waals surface area contributed by atoms with Crippen LogP contribution in [-0.4, -0.2) is 12.0 Å². The second kappa shape index (κ2) is 2.79. The smallest absolute Gasteiger partial charge is 0.214 e. The number of aliphatic imine (C=N–C) groups is 1. The standard InChI is InChI=1S/C8H8F3N/c1-5-3-12-4-7(6(5)2)8(9,10)11/h4,6H,1-2H3. The first-order valence-electron chi connectivity index (χ1n) is 3.49. The van der Waals surface area contributed by atoms with E-state index in [2.05, 4.69) is 10.9 Å². The van der Waals surface area contributed by atoms with Crippen LogP contribution >= 0.6 is 0 Å². The molecule has 12 heavy (non-hydrogen) atoms. The van der Waals surface area contributed by atoms with Crippen LogP contribution in [0.3, 0.4) is 0 Å². The number of rotatable bonds is 0. The molecule has 1 nitrogen and oxygen atoms in total. The zero-order chi connectivity index (χ0) is 9.35. The average molecular weight is 175 g/mol. The lowest BCUT2D eigenvalue weighted by molar-refractivity contribution is -0.0972. The molecule has 0 amide bonds. The van der Waals surface area contributed by atoms with E-state index in [-0.39, 0.29) is 0 Å². The Bertz CT molecular complexity index is 279. The number of hydrogen-bond acceptors (Lipinski definition) is 1. The van der Waals surface area contributed by atoms with Gasteiger partial charge in [-0.15, -0.1) is 0 Å². The quantitative estimate of drug-likeness (QED) is 0.536. The molecule has 0 fully saturated rings. The van der Waals surface area contributed by atoms with E-state index in [0.29, 0.717) is 5.57 Å². The summed E-state index contributed by atoms with van der Waals surface area (Å²) in [5.74, 6) is 1.88. The molecule has 0 N–H and O–H groups in total. The SMILES string of the molecule is CC1=C=NC=C(C(F)(F)F)C1C. The molecular formula is C8H8F3N. The van der Waals surface area contributed by atoms with E-state index in [1.165, 1.54) is 6.92 Å². The van der Waals surface area contributed by atoms with E-state index in [1.54, 1.807) is 6.92 Å². The molecule has 1 rings (SSSR count).